The lowest BCUT2D eigenvalue weighted by atomic mass is 10.0. The van der Waals surface area contributed by atoms with E-state index in [2.05, 4.69) is 15.9 Å². The first-order valence-corrected chi connectivity index (χ1v) is 5.09. The molecule has 0 saturated carbocycles. The Labute approximate surface area is 91.1 Å². The average molecular weight is 258 g/mol. The molecule has 0 spiro atoms. The highest BCUT2D eigenvalue weighted by Gasteiger charge is 2.08. The van der Waals surface area contributed by atoms with Crippen molar-refractivity contribution in [1.82, 2.24) is 0 Å². The normalized spacial score (nSPS) is 12.4. The average Bonchev–Trinajstić information content (AvgIpc) is 2.01. The number of carboxylic acids is 1. The van der Waals surface area contributed by atoms with Gasteiger partial charge in [0, 0.05) is 10.5 Å². The van der Waals surface area contributed by atoms with E-state index in [1.807, 2.05) is 24.3 Å². The minimum Gasteiger partial charge on any atom is -0.481 e. The molecule has 0 amide bonds. The summed E-state index contributed by atoms with van der Waals surface area (Å²) in [6.45, 7) is 0. The summed E-state index contributed by atoms with van der Waals surface area (Å²) in [6.07, 6.45) is 0.595. The van der Waals surface area contributed by atoms with Crippen LogP contribution in [0, 0.1) is 0 Å². The van der Waals surface area contributed by atoms with E-state index in [1.165, 1.54) is 0 Å². The third kappa shape index (κ3) is 3.89. The Balaban J connectivity index is 2.55. The largest absolute Gasteiger partial charge is 0.481 e. The standard InChI is InChI=1S/C10H12BrNO2/c11-8-3-1-2-7(4-8)5-9(12)6-10(13)14/h1-4,9H,5-6,12H2,(H,13,14)/t9-/m0/s1. The Morgan fingerprint density at radius 2 is 2.29 bits per heavy atom. The number of aliphatic carboxylic acids is 1. The van der Waals surface area contributed by atoms with Gasteiger partial charge in [0.1, 0.15) is 0 Å². The summed E-state index contributed by atoms with van der Waals surface area (Å²) in [5.41, 5.74) is 6.71. The lowest BCUT2D eigenvalue weighted by molar-refractivity contribution is -0.137. The molecule has 0 aliphatic rings. The zero-order valence-corrected chi connectivity index (χ0v) is 9.20. The monoisotopic (exact) mass is 257 g/mol. The van der Waals surface area contributed by atoms with Crippen LogP contribution in [0.3, 0.4) is 0 Å². The Morgan fingerprint density at radius 3 is 2.86 bits per heavy atom. The molecule has 0 aliphatic heterocycles. The molecule has 3 nitrogen and oxygen atoms in total. The maximum atomic E-state index is 10.4. The zero-order chi connectivity index (χ0) is 10.6. The van der Waals surface area contributed by atoms with Crippen LogP contribution in [0.15, 0.2) is 28.7 Å². The van der Waals surface area contributed by atoms with Crippen molar-refractivity contribution in [1.29, 1.82) is 0 Å². The van der Waals surface area contributed by atoms with Crippen molar-refractivity contribution in [3.63, 3.8) is 0 Å². The summed E-state index contributed by atoms with van der Waals surface area (Å²) in [4.78, 5) is 10.4. The van der Waals surface area contributed by atoms with Gasteiger partial charge < -0.3 is 10.8 Å². The first kappa shape index (κ1) is 11.2. The Hall–Kier alpha value is -0.870. The molecule has 1 aromatic carbocycles. The fourth-order valence-electron chi connectivity index (χ4n) is 1.26. The second-order valence-corrected chi connectivity index (χ2v) is 4.11. The van der Waals surface area contributed by atoms with E-state index in [0.29, 0.717) is 6.42 Å². The smallest absolute Gasteiger partial charge is 0.304 e. The molecule has 3 N–H and O–H groups in total. The lowest BCUT2D eigenvalue weighted by Crippen LogP contribution is -2.26. The number of benzene rings is 1. The van der Waals surface area contributed by atoms with Crippen molar-refractivity contribution in [3.8, 4) is 0 Å². The molecule has 0 aliphatic carbocycles. The number of nitrogens with two attached hydrogens (primary N) is 1. The molecular weight excluding hydrogens is 246 g/mol. The molecule has 0 heterocycles. The van der Waals surface area contributed by atoms with Gasteiger partial charge in [0.25, 0.3) is 0 Å². The molecule has 1 rings (SSSR count). The molecule has 1 aromatic rings. The van der Waals surface area contributed by atoms with Crippen LogP contribution in [0.25, 0.3) is 0 Å². The van der Waals surface area contributed by atoms with Gasteiger partial charge in [-0.05, 0) is 24.1 Å². The second-order valence-electron chi connectivity index (χ2n) is 3.19. The van der Waals surface area contributed by atoms with Crippen LogP contribution in [-0.4, -0.2) is 17.1 Å². The molecule has 0 bridgehead atoms. The van der Waals surface area contributed by atoms with Crippen molar-refractivity contribution >= 4 is 21.9 Å². The Kier molecular flexibility index (Phi) is 4.10. The van der Waals surface area contributed by atoms with Crippen molar-refractivity contribution in [2.24, 2.45) is 5.73 Å². The summed E-state index contributed by atoms with van der Waals surface area (Å²) in [7, 11) is 0. The Bertz CT molecular complexity index is 328. The molecule has 0 fully saturated rings. The van der Waals surface area contributed by atoms with E-state index in [4.69, 9.17) is 10.8 Å². The molecule has 76 valence electrons. The SMILES string of the molecule is N[C@H](CC(=O)O)Cc1cccc(Br)c1. The number of carboxylic acid groups (broad SMARTS) is 1. The van der Waals surface area contributed by atoms with E-state index in [9.17, 15) is 4.79 Å². The molecule has 4 heteroatoms. The summed E-state index contributed by atoms with van der Waals surface area (Å²) >= 11 is 3.35. The fourth-order valence-corrected chi connectivity index (χ4v) is 1.71. The van der Waals surface area contributed by atoms with Gasteiger partial charge in [0.2, 0.25) is 0 Å². The van der Waals surface area contributed by atoms with E-state index >= 15 is 0 Å². The van der Waals surface area contributed by atoms with Crippen LogP contribution in [-0.2, 0) is 11.2 Å². The third-order valence-corrected chi connectivity index (χ3v) is 2.32. The van der Waals surface area contributed by atoms with E-state index in [-0.39, 0.29) is 12.5 Å². The topological polar surface area (TPSA) is 63.3 Å². The van der Waals surface area contributed by atoms with Gasteiger partial charge >= 0.3 is 5.97 Å². The van der Waals surface area contributed by atoms with Gasteiger partial charge in [-0.1, -0.05) is 28.1 Å². The molecule has 1 atom stereocenters. The van der Waals surface area contributed by atoms with Gasteiger partial charge in [-0.25, -0.2) is 0 Å². The van der Waals surface area contributed by atoms with Gasteiger partial charge in [0.15, 0.2) is 0 Å². The molecule has 14 heavy (non-hydrogen) atoms. The number of carbonyl (C=O) groups is 1. The predicted molar refractivity (Wildman–Crippen MR) is 58.1 cm³/mol. The van der Waals surface area contributed by atoms with E-state index in [0.717, 1.165) is 10.0 Å². The highest BCUT2D eigenvalue weighted by molar-refractivity contribution is 9.10. The Morgan fingerprint density at radius 1 is 1.57 bits per heavy atom. The maximum Gasteiger partial charge on any atom is 0.304 e. The van der Waals surface area contributed by atoms with E-state index < -0.39 is 5.97 Å². The summed E-state index contributed by atoms with van der Waals surface area (Å²) in [6, 6.07) is 7.40. The molecule has 0 radical (unpaired) electrons. The van der Waals surface area contributed by atoms with Crippen LogP contribution in [0.1, 0.15) is 12.0 Å². The number of rotatable bonds is 4. The van der Waals surface area contributed by atoms with Gasteiger partial charge in [-0.2, -0.15) is 0 Å². The van der Waals surface area contributed by atoms with E-state index in [1.54, 1.807) is 0 Å². The van der Waals surface area contributed by atoms with Gasteiger partial charge in [-0.3, -0.25) is 4.79 Å². The summed E-state index contributed by atoms with van der Waals surface area (Å²) < 4.78 is 0.984. The van der Waals surface area contributed by atoms with Crippen molar-refractivity contribution in [2.45, 2.75) is 18.9 Å². The number of hydrogen-bond donors (Lipinski definition) is 2. The third-order valence-electron chi connectivity index (χ3n) is 1.82. The zero-order valence-electron chi connectivity index (χ0n) is 7.61. The quantitative estimate of drug-likeness (QED) is 0.865. The highest BCUT2D eigenvalue weighted by atomic mass is 79.9. The predicted octanol–water partition coefficient (Wildman–Crippen LogP) is 1.79. The van der Waals surface area contributed by atoms with Crippen LogP contribution >= 0.6 is 15.9 Å². The summed E-state index contributed by atoms with van der Waals surface area (Å²) in [5, 5.41) is 8.53. The summed E-state index contributed by atoms with van der Waals surface area (Å²) in [5.74, 6) is -0.854. The second kappa shape index (κ2) is 5.12. The first-order valence-electron chi connectivity index (χ1n) is 4.30. The lowest BCUT2D eigenvalue weighted by Gasteiger charge is -2.08. The van der Waals surface area contributed by atoms with Crippen molar-refractivity contribution < 1.29 is 9.90 Å². The number of hydrogen-bond acceptors (Lipinski definition) is 2. The molecule has 0 unspecified atom stereocenters. The maximum absolute atomic E-state index is 10.4. The minimum absolute atomic E-state index is 0.00646. The van der Waals surface area contributed by atoms with Crippen LogP contribution in [0.2, 0.25) is 0 Å². The fraction of sp³-hybridized carbons (Fsp3) is 0.300. The highest BCUT2D eigenvalue weighted by Crippen LogP contribution is 2.13. The van der Waals surface area contributed by atoms with Gasteiger partial charge in [0.05, 0.1) is 6.42 Å². The molecular formula is C10H12BrNO2. The van der Waals surface area contributed by atoms with Crippen LogP contribution in [0.4, 0.5) is 0 Å². The molecule has 0 aromatic heterocycles. The van der Waals surface area contributed by atoms with Crippen molar-refractivity contribution in [3.05, 3.63) is 34.3 Å². The van der Waals surface area contributed by atoms with Gasteiger partial charge in [-0.15, -0.1) is 0 Å². The van der Waals surface area contributed by atoms with Crippen LogP contribution in [0.5, 0.6) is 0 Å². The minimum atomic E-state index is -0.854. The number of halogens is 1. The first-order chi connectivity index (χ1) is 6.58. The molecule has 0 saturated heterocycles. The van der Waals surface area contributed by atoms with Crippen LogP contribution < -0.4 is 5.73 Å². The van der Waals surface area contributed by atoms with Crippen molar-refractivity contribution in [2.75, 3.05) is 0 Å².